The number of hydrogen-bond donors (Lipinski definition) is 1. The second-order valence-corrected chi connectivity index (χ2v) is 7.38. The molecule has 21 heavy (non-hydrogen) atoms. The van der Waals surface area contributed by atoms with E-state index in [4.69, 9.17) is 5.73 Å². The largest absolute Gasteiger partial charge is 0.465 e. The van der Waals surface area contributed by atoms with E-state index < -0.39 is 16.0 Å². The summed E-state index contributed by atoms with van der Waals surface area (Å²) in [5, 5.41) is 0. The highest BCUT2D eigenvalue weighted by Crippen LogP contribution is 2.23. The molecule has 1 aliphatic heterocycles. The second kappa shape index (κ2) is 6.13. The van der Waals surface area contributed by atoms with Gasteiger partial charge in [-0.15, -0.1) is 0 Å². The molecule has 0 aliphatic carbocycles. The molecule has 1 aromatic rings. The van der Waals surface area contributed by atoms with Gasteiger partial charge in [0.2, 0.25) is 10.0 Å². The van der Waals surface area contributed by atoms with E-state index in [0.717, 1.165) is 6.42 Å². The lowest BCUT2D eigenvalue weighted by Gasteiger charge is -2.33. The first-order valence-corrected chi connectivity index (χ1v) is 8.22. The first-order valence-electron chi connectivity index (χ1n) is 6.78. The standard InChI is InChI=1S/C14H20N2O4S/c1-10-7-12(15)9-16(8-10)21(18,19)13-5-3-11(4-6-13)14(17)20-2/h3-6,10,12H,7-9,15H2,1-2H3. The van der Waals surface area contributed by atoms with E-state index in [-0.39, 0.29) is 16.9 Å². The molecule has 6 nitrogen and oxygen atoms in total. The molecular formula is C14H20N2O4S. The molecule has 2 N–H and O–H groups in total. The van der Waals surface area contributed by atoms with Crippen LogP contribution in [0.4, 0.5) is 0 Å². The number of rotatable bonds is 3. The van der Waals surface area contributed by atoms with Crippen LogP contribution in [0.3, 0.4) is 0 Å². The van der Waals surface area contributed by atoms with Crippen LogP contribution in [-0.2, 0) is 14.8 Å². The van der Waals surface area contributed by atoms with Gasteiger partial charge in [0.1, 0.15) is 0 Å². The number of methoxy groups -OCH3 is 1. The molecular weight excluding hydrogens is 292 g/mol. The van der Waals surface area contributed by atoms with Gasteiger partial charge in [0.05, 0.1) is 17.6 Å². The highest BCUT2D eigenvalue weighted by atomic mass is 32.2. The molecule has 0 amide bonds. The quantitative estimate of drug-likeness (QED) is 0.835. The molecule has 0 spiro atoms. The van der Waals surface area contributed by atoms with E-state index in [1.807, 2.05) is 6.92 Å². The minimum absolute atomic E-state index is 0.141. The van der Waals surface area contributed by atoms with Crippen molar-refractivity contribution in [2.24, 2.45) is 11.7 Å². The van der Waals surface area contributed by atoms with Gasteiger partial charge >= 0.3 is 5.97 Å². The van der Waals surface area contributed by atoms with Gasteiger partial charge in [-0.25, -0.2) is 13.2 Å². The summed E-state index contributed by atoms with van der Waals surface area (Å²) in [6.07, 6.45) is 0.827. The Hall–Kier alpha value is -1.44. The Labute approximate surface area is 124 Å². The van der Waals surface area contributed by atoms with Crippen LogP contribution in [-0.4, -0.2) is 44.9 Å². The molecule has 1 heterocycles. The van der Waals surface area contributed by atoms with E-state index in [1.165, 1.54) is 35.7 Å². The maximum atomic E-state index is 12.6. The molecule has 1 aromatic carbocycles. The predicted octanol–water partition coefficient (Wildman–Crippen LogP) is 0.831. The average Bonchev–Trinajstić information content (AvgIpc) is 2.45. The number of nitrogens with zero attached hydrogens (tertiary/aromatic N) is 1. The summed E-state index contributed by atoms with van der Waals surface area (Å²) in [5.41, 5.74) is 6.22. The summed E-state index contributed by atoms with van der Waals surface area (Å²) in [7, 11) is -2.29. The summed E-state index contributed by atoms with van der Waals surface area (Å²) in [6.45, 7) is 2.78. The lowest BCUT2D eigenvalue weighted by molar-refractivity contribution is 0.0600. The number of hydrogen-bond acceptors (Lipinski definition) is 5. The van der Waals surface area contributed by atoms with Crippen molar-refractivity contribution >= 4 is 16.0 Å². The van der Waals surface area contributed by atoms with E-state index >= 15 is 0 Å². The first kappa shape index (κ1) is 15.9. The molecule has 2 unspecified atom stereocenters. The Bertz CT molecular complexity index is 602. The summed E-state index contributed by atoms with van der Waals surface area (Å²) in [6, 6.07) is 5.61. The van der Waals surface area contributed by atoms with Gasteiger partial charge in [-0.05, 0) is 36.6 Å². The maximum absolute atomic E-state index is 12.6. The number of sulfonamides is 1. The Morgan fingerprint density at radius 1 is 1.29 bits per heavy atom. The summed E-state index contributed by atoms with van der Waals surface area (Å²) >= 11 is 0. The van der Waals surface area contributed by atoms with Crippen LogP contribution in [0.2, 0.25) is 0 Å². The molecule has 1 saturated heterocycles. The minimum Gasteiger partial charge on any atom is -0.465 e. The highest BCUT2D eigenvalue weighted by molar-refractivity contribution is 7.89. The Morgan fingerprint density at radius 3 is 2.43 bits per heavy atom. The number of piperidine rings is 1. The smallest absolute Gasteiger partial charge is 0.337 e. The number of carbonyl (C=O) groups excluding carboxylic acids is 1. The Balaban J connectivity index is 2.25. The van der Waals surface area contributed by atoms with E-state index in [9.17, 15) is 13.2 Å². The van der Waals surface area contributed by atoms with Crippen molar-refractivity contribution in [1.82, 2.24) is 4.31 Å². The van der Waals surface area contributed by atoms with Crippen LogP contribution < -0.4 is 5.73 Å². The minimum atomic E-state index is -3.58. The van der Waals surface area contributed by atoms with E-state index in [1.54, 1.807) is 0 Å². The SMILES string of the molecule is COC(=O)c1ccc(S(=O)(=O)N2CC(C)CC(N)C2)cc1. The number of ether oxygens (including phenoxy) is 1. The molecule has 1 aliphatic rings. The number of benzene rings is 1. The topological polar surface area (TPSA) is 89.7 Å². The van der Waals surface area contributed by atoms with Gasteiger partial charge in [-0.2, -0.15) is 4.31 Å². The van der Waals surface area contributed by atoms with Crippen LogP contribution in [0.25, 0.3) is 0 Å². The van der Waals surface area contributed by atoms with Crippen molar-refractivity contribution in [3.8, 4) is 0 Å². The predicted molar refractivity (Wildman–Crippen MR) is 78.3 cm³/mol. The molecule has 0 aromatic heterocycles. The molecule has 116 valence electrons. The van der Waals surface area contributed by atoms with Gasteiger partial charge in [0.25, 0.3) is 0 Å². The molecule has 7 heteroatoms. The molecule has 0 radical (unpaired) electrons. The van der Waals surface area contributed by atoms with Crippen molar-refractivity contribution in [2.45, 2.75) is 24.3 Å². The Morgan fingerprint density at radius 2 is 1.90 bits per heavy atom. The molecule has 0 saturated carbocycles. The summed E-state index contributed by atoms with van der Waals surface area (Å²) in [4.78, 5) is 11.5. The third-order valence-electron chi connectivity index (χ3n) is 3.57. The lowest BCUT2D eigenvalue weighted by atomic mass is 9.99. The number of nitrogens with two attached hydrogens (primary N) is 1. The fraction of sp³-hybridized carbons (Fsp3) is 0.500. The normalized spacial score (nSPS) is 23.8. The van der Waals surface area contributed by atoms with Crippen LogP contribution in [0, 0.1) is 5.92 Å². The van der Waals surface area contributed by atoms with Crippen LogP contribution in [0.5, 0.6) is 0 Å². The first-order chi connectivity index (χ1) is 9.84. The fourth-order valence-corrected chi connectivity index (χ4v) is 4.19. The zero-order chi connectivity index (χ0) is 15.6. The van der Waals surface area contributed by atoms with E-state index in [0.29, 0.717) is 18.7 Å². The zero-order valence-electron chi connectivity index (χ0n) is 12.2. The van der Waals surface area contributed by atoms with Gasteiger partial charge in [0, 0.05) is 19.1 Å². The lowest BCUT2D eigenvalue weighted by Crippen LogP contribution is -2.48. The van der Waals surface area contributed by atoms with Crippen LogP contribution in [0.1, 0.15) is 23.7 Å². The highest BCUT2D eigenvalue weighted by Gasteiger charge is 2.31. The van der Waals surface area contributed by atoms with Gasteiger partial charge < -0.3 is 10.5 Å². The molecule has 1 fully saturated rings. The van der Waals surface area contributed by atoms with Crippen molar-refractivity contribution < 1.29 is 17.9 Å². The van der Waals surface area contributed by atoms with Gasteiger partial charge in [-0.1, -0.05) is 6.92 Å². The zero-order valence-corrected chi connectivity index (χ0v) is 13.0. The number of carbonyl (C=O) groups is 1. The summed E-state index contributed by atoms with van der Waals surface area (Å²) in [5.74, 6) is -0.259. The van der Waals surface area contributed by atoms with Gasteiger partial charge in [-0.3, -0.25) is 0 Å². The Kier molecular flexibility index (Phi) is 4.65. The third-order valence-corrected chi connectivity index (χ3v) is 5.42. The van der Waals surface area contributed by atoms with Crippen LogP contribution in [0.15, 0.2) is 29.2 Å². The summed E-state index contributed by atoms with van der Waals surface area (Å²) < 4.78 is 31.2. The monoisotopic (exact) mass is 312 g/mol. The fourth-order valence-electron chi connectivity index (χ4n) is 2.58. The molecule has 2 rings (SSSR count). The third kappa shape index (κ3) is 3.42. The van der Waals surface area contributed by atoms with Crippen molar-refractivity contribution in [3.63, 3.8) is 0 Å². The van der Waals surface area contributed by atoms with Gasteiger partial charge in [0.15, 0.2) is 0 Å². The molecule has 0 bridgehead atoms. The number of esters is 1. The van der Waals surface area contributed by atoms with Crippen molar-refractivity contribution in [2.75, 3.05) is 20.2 Å². The maximum Gasteiger partial charge on any atom is 0.337 e. The average molecular weight is 312 g/mol. The van der Waals surface area contributed by atoms with E-state index in [2.05, 4.69) is 4.74 Å². The second-order valence-electron chi connectivity index (χ2n) is 5.44. The van der Waals surface area contributed by atoms with Crippen molar-refractivity contribution in [3.05, 3.63) is 29.8 Å². The van der Waals surface area contributed by atoms with Crippen LogP contribution >= 0.6 is 0 Å². The molecule has 2 atom stereocenters. The van der Waals surface area contributed by atoms with Crippen molar-refractivity contribution in [1.29, 1.82) is 0 Å².